The summed E-state index contributed by atoms with van der Waals surface area (Å²) in [6.45, 7) is 5.40. The van der Waals surface area contributed by atoms with Gasteiger partial charge in [-0.1, -0.05) is 0 Å². The summed E-state index contributed by atoms with van der Waals surface area (Å²) >= 11 is 0. The molecule has 2 aromatic rings. The van der Waals surface area contributed by atoms with E-state index in [2.05, 4.69) is 25.3 Å². The Kier molecular flexibility index (Phi) is 4.93. The molecule has 2 fully saturated rings. The number of hydrogen-bond donors (Lipinski definition) is 1. The van der Waals surface area contributed by atoms with E-state index in [9.17, 15) is 4.79 Å². The number of carbonyl (C=O) groups is 1. The number of urea groups is 1. The predicted octanol–water partition coefficient (Wildman–Crippen LogP) is 1.72. The van der Waals surface area contributed by atoms with Crippen molar-refractivity contribution < 1.29 is 9.53 Å². The van der Waals surface area contributed by atoms with Gasteiger partial charge in [0.15, 0.2) is 5.82 Å². The van der Waals surface area contributed by atoms with Crippen LogP contribution < -0.4 is 10.2 Å². The van der Waals surface area contributed by atoms with Gasteiger partial charge in [-0.25, -0.2) is 14.8 Å². The van der Waals surface area contributed by atoms with E-state index in [0.717, 1.165) is 30.4 Å². The molecule has 0 bridgehead atoms. The smallest absolute Gasteiger partial charge is 0.323 e. The van der Waals surface area contributed by atoms with E-state index in [-0.39, 0.29) is 12.1 Å². The van der Waals surface area contributed by atoms with E-state index in [1.54, 1.807) is 15.8 Å². The number of nitrogens with zero attached hydrogens (tertiary/aromatic N) is 6. The maximum Gasteiger partial charge on any atom is 0.323 e. The molecular weight excluding hydrogens is 346 g/mol. The third kappa shape index (κ3) is 3.87. The molecular formula is C18H25N7O2. The second kappa shape index (κ2) is 7.51. The highest BCUT2D eigenvalue weighted by Gasteiger charge is 2.27. The van der Waals surface area contributed by atoms with Crippen molar-refractivity contribution in [1.82, 2.24) is 24.6 Å². The van der Waals surface area contributed by atoms with Gasteiger partial charge >= 0.3 is 6.03 Å². The molecule has 0 radical (unpaired) electrons. The second-order valence-electron chi connectivity index (χ2n) is 7.01. The monoisotopic (exact) mass is 371 g/mol. The van der Waals surface area contributed by atoms with E-state index in [1.165, 1.54) is 12.8 Å². The van der Waals surface area contributed by atoms with Gasteiger partial charge in [0.25, 0.3) is 0 Å². The Balaban J connectivity index is 1.43. The normalized spacial score (nSPS) is 20.1. The van der Waals surface area contributed by atoms with Gasteiger partial charge in [-0.3, -0.25) is 10.00 Å². The Bertz CT molecular complexity index is 796. The summed E-state index contributed by atoms with van der Waals surface area (Å²) in [7, 11) is 1.85. The first-order valence-electron chi connectivity index (χ1n) is 9.36. The quantitative estimate of drug-likeness (QED) is 0.884. The third-order valence-corrected chi connectivity index (χ3v) is 5.09. The van der Waals surface area contributed by atoms with Crippen LogP contribution in [0.2, 0.25) is 0 Å². The highest BCUT2D eigenvalue weighted by atomic mass is 16.5. The van der Waals surface area contributed by atoms with Gasteiger partial charge in [-0.15, -0.1) is 0 Å². The van der Waals surface area contributed by atoms with Gasteiger partial charge in [0.05, 0.1) is 18.8 Å². The van der Waals surface area contributed by atoms with E-state index < -0.39 is 0 Å². The lowest BCUT2D eigenvalue weighted by Crippen LogP contribution is -2.44. The Morgan fingerprint density at radius 3 is 2.85 bits per heavy atom. The van der Waals surface area contributed by atoms with Crippen molar-refractivity contribution in [2.45, 2.75) is 25.9 Å². The van der Waals surface area contributed by atoms with Crippen LogP contribution in [0.15, 0.2) is 18.3 Å². The lowest BCUT2D eigenvalue weighted by molar-refractivity contribution is -0.0157. The average molecular weight is 371 g/mol. The fourth-order valence-corrected chi connectivity index (χ4v) is 3.43. The Hall–Kier alpha value is -2.68. The highest BCUT2D eigenvalue weighted by molar-refractivity contribution is 5.88. The number of hydrogen-bond acceptors (Lipinski definition) is 6. The van der Waals surface area contributed by atoms with Gasteiger partial charge in [-0.05, 0) is 25.8 Å². The minimum Gasteiger partial charge on any atom is -0.368 e. The first-order chi connectivity index (χ1) is 13.1. The molecule has 0 aliphatic carbocycles. The van der Waals surface area contributed by atoms with Crippen molar-refractivity contribution in [3.05, 3.63) is 29.7 Å². The summed E-state index contributed by atoms with van der Waals surface area (Å²) in [6, 6.07) is 3.55. The molecule has 9 nitrogen and oxygen atoms in total. The fourth-order valence-electron chi connectivity index (χ4n) is 3.43. The molecule has 27 heavy (non-hydrogen) atoms. The maximum absolute atomic E-state index is 12.6. The molecule has 9 heteroatoms. The lowest BCUT2D eigenvalue weighted by atomic mass is 10.2. The first-order valence-corrected chi connectivity index (χ1v) is 9.36. The number of aromatic nitrogens is 4. The van der Waals surface area contributed by atoms with Crippen LogP contribution in [-0.2, 0) is 11.8 Å². The third-order valence-electron chi connectivity index (χ3n) is 5.09. The number of rotatable bonds is 3. The van der Waals surface area contributed by atoms with Crippen LogP contribution in [0.4, 0.5) is 16.6 Å². The van der Waals surface area contributed by atoms with Crippen LogP contribution >= 0.6 is 0 Å². The Labute approximate surface area is 158 Å². The average Bonchev–Trinajstić information content (AvgIpc) is 3.32. The summed E-state index contributed by atoms with van der Waals surface area (Å²) < 4.78 is 7.62. The zero-order valence-electron chi connectivity index (χ0n) is 15.8. The summed E-state index contributed by atoms with van der Waals surface area (Å²) in [5.74, 6) is 1.31. The number of morpholine rings is 1. The minimum atomic E-state index is -0.251. The van der Waals surface area contributed by atoms with E-state index in [1.807, 2.05) is 26.1 Å². The van der Waals surface area contributed by atoms with Crippen LogP contribution in [0.25, 0.3) is 0 Å². The van der Waals surface area contributed by atoms with Crippen molar-refractivity contribution in [3.8, 4) is 0 Å². The number of ether oxygens (including phenoxy) is 1. The molecule has 0 saturated carbocycles. The molecule has 0 unspecified atom stereocenters. The molecule has 2 aliphatic heterocycles. The molecule has 1 atom stereocenters. The molecule has 2 aromatic heterocycles. The van der Waals surface area contributed by atoms with Crippen LogP contribution in [-0.4, -0.2) is 63.5 Å². The van der Waals surface area contributed by atoms with Gasteiger partial charge in [-0.2, -0.15) is 5.10 Å². The molecule has 4 rings (SSSR count). The highest BCUT2D eigenvalue weighted by Crippen LogP contribution is 2.23. The largest absolute Gasteiger partial charge is 0.368 e. The SMILES string of the molecule is Cc1cc(NC(=O)N2CCO[C@H](c3ccnc(N4CCCC4)n3)C2)nn1C. The van der Waals surface area contributed by atoms with Crippen LogP contribution in [0, 0.1) is 6.92 Å². The Morgan fingerprint density at radius 2 is 2.11 bits per heavy atom. The molecule has 4 heterocycles. The van der Waals surface area contributed by atoms with Crippen LogP contribution in [0.3, 0.4) is 0 Å². The van der Waals surface area contributed by atoms with Crippen molar-refractivity contribution in [1.29, 1.82) is 0 Å². The minimum absolute atomic E-state index is 0.171. The molecule has 2 aliphatic rings. The molecule has 0 spiro atoms. The number of anilines is 2. The summed E-state index contributed by atoms with van der Waals surface area (Å²) in [6.07, 6.45) is 3.87. The molecule has 0 aromatic carbocycles. The van der Waals surface area contributed by atoms with E-state index in [4.69, 9.17) is 4.74 Å². The van der Waals surface area contributed by atoms with Crippen molar-refractivity contribution in [3.63, 3.8) is 0 Å². The number of nitrogens with one attached hydrogen (secondary N) is 1. The molecule has 1 N–H and O–H groups in total. The maximum atomic E-state index is 12.6. The lowest BCUT2D eigenvalue weighted by Gasteiger charge is -2.32. The first kappa shape index (κ1) is 17.7. The van der Waals surface area contributed by atoms with Gasteiger partial charge in [0, 0.05) is 44.6 Å². The topological polar surface area (TPSA) is 88.4 Å². The van der Waals surface area contributed by atoms with Gasteiger partial charge in [0.1, 0.15) is 6.10 Å². The van der Waals surface area contributed by atoms with Crippen molar-refractivity contribution in [2.75, 3.05) is 43.0 Å². The predicted molar refractivity (Wildman–Crippen MR) is 101 cm³/mol. The number of amides is 2. The van der Waals surface area contributed by atoms with E-state index in [0.29, 0.717) is 25.5 Å². The van der Waals surface area contributed by atoms with Crippen molar-refractivity contribution in [2.24, 2.45) is 7.05 Å². The second-order valence-corrected chi connectivity index (χ2v) is 7.01. The molecule has 144 valence electrons. The number of carbonyl (C=O) groups excluding carboxylic acids is 1. The summed E-state index contributed by atoms with van der Waals surface area (Å²) in [4.78, 5) is 25.6. The molecule has 2 amide bonds. The zero-order chi connectivity index (χ0) is 18.8. The summed E-state index contributed by atoms with van der Waals surface area (Å²) in [5, 5.41) is 7.14. The zero-order valence-corrected chi connectivity index (χ0v) is 15.8. The van der Waals surface area contributed by atoms with Crippen LogP contribution in [0.5, 0.6) is 0 Å². The molecule has 2 saturated heterocycles. The fraction of sp³-hybridized carbons (Fsp3) is 0.556. The van der Waals surface area contributed by atoms with Crippen molar-refractivity contribution >= 4 is 17.8 Å². The van der Waals surface area contributed by atoms with Crippen LogP contribution in [0.1, 0.15) is 30.3 Å². The van der Waals surface area contributed by atoms with E-state index >= 15 is 0 Å². The summed E-state index contributed by atoms with van der Waals surface area (Å²) in [5.41, 5.74) is 1.80. The number of aryl methyl sites for hydroxylation is 2. The Morgan fingerprint density at radius 1 is 1.30 bits per heavy atom. The van der Waals surface area contributed by atoms with Gasteiger partial charge < -0.3 is 14.5 Å². The standard InChI is InChI=1S/C18H25N7O2/c1-13-11-16(22-23(13)2)21-18(26)25-9-10-27-15(12-25)14-5-6-19-17(20-14)24-7-3-4-8-24/h5-6,11,15H,3-4,7-10,12H2,1-2H3,(H,21,22,26)/t15-/m0/s1. The van der Waals surface area contributed by atoms with Gasteiger partial charge in [0.2, 0.25) is 5.95 Å².